The van der Waals surface area contributed by atoms with Crippen molar-refractivity contribution >= 4 is 17.7 Å². The molecule has 2 aromatic carbocycles. The molecule has 0 unspecified atom stereocenters. The third-order valence-corrected chi connectivity index (χ3v) is 4.92. The Kier molecular flexibility index (Phi) is 3.57. The van der Waals surface area contributed by atoms with Gasteiger partial charge in [0.05, 0.1) is 0 Å². The lowest BCUT2D eigenvalue weighted by atomic mass is 9.96. The molecule has 0 radical (unpaired) electrons. The van der Waals surface area contributed by atoms with Crippen molar-refractivity contribution in [2.24, 2.45) is 0 Å². The van der Waals surface area contributed by atoms with E-state index in [0.717, 1.165) is 34.6 Å². The molecule has 1 amide bonds. The highest BCUT2D eigenvalue weighted by molar-refractivity contribution is 5.98. The molecule has 3 heterocycles. The fraction of sp³-hybridized carbons (Fsp3) is 0.190. The Morgan fingerprint density at radius 3 is 2.48 bits per heavy atom. The van der Waals surface area contributed by atoms with E-state index in [4.69, 9.17) is 18.9 Å². The van der Waals surface area contributed by atoms with Crippen molar-refractivity contribution < 1.29 is 23.7 Å². The number of rotatable bonds is 2. The number of carbonyl (C=O) groups excluding carboxylic acids is 1. The summed E-state index contributed by atoms with van der Waals surface area (Å²) in [6, 6.07) is 9.46. The first-order chi connectivity index (χ1) is 13.2. The molecular weight excluding hydrogens is 346 g/mol. The summed E-state index contributed by atoms with van der Waals surface area (Å²) in [6.45, 7) is 5.16. The van der Waals surface area contributed by atoms with Crippen LogP contribution in [-0.2, 0) is 11.2 Å². The first-order valence-corrected chi connectivity index (χ1v) is 8.70. The molecule has 5 rings (SSSR count). The predicted molar refractivity (Wildman–Crippen MR) is 98.6 cm³/mol. The van der Waals surface area contributed by atoms with Gasteiger partial charge in [-0.25, -0.2) is 0 Å². The van der Waals surface area contributed by atoms with Crippen LogP contribution in [0.1, 0.15) is 16.7 Å². The maximum atomic E-state index is 12.7. The number of carbonyl (C=O) groups is 1. The van der Waals surface area contributed by atoms with Gasteiger partial charge in [-0.15, -0.1) is 0 Å². The van der Waals surface area contributed by atoms with Gasteiger partial charge in [-0.05, 0) is 47.9 Å². The number of benzene rings is 2. The highest BCUT2D eigenvalue weighted by atomic mass is 16.7. The van der Waals surface area contributed by atoms with Crippen molar-refractivity contribution in [2.75, 3.05) is 20.1 Å². The molecular formula is C21H17NO5. The molecule has 0 aliphatic carbocycles. The van der Waals surface area contributed by atoms with Crippen molar-refractivity contribution in [2.45, 2.75) is 6.42 Å². The highest BCUT2D eigenvalue weighted by Crippen LogP contribution is 2.39. The second-order valence-corrected chi connectivity index (χ2v) is 6.50. The van der Waals surface area contributed by atoms with Crippen molar-refractivity contribution in [3.63, 3.8) is 0 Å². The average molecular weight is 363 g/mol. The normalized spacial score (nSPS) is 16.7. The van der Waals surface area contributed by atoms with Gasteiger partial charge in [0.15, 0.2) is 23.0 Å². The summed E-state index contributed by atoms with van der Waals surface area (Å²) in [7, 11) is 0. The molecule has 3 aliphatic rings. The minimum atomic E-state index is -0.110. The highest BCUT2D eigenvalue weighted by Gasteiger charge is 2.26. The standard InChI is InChI=1S/C21H17NO5/c1-13-16-10-20-19(26-12-27-20)9-15(16)6-7-22(13)21(23)5-3-14-2-4-17-18(8-14)25-11-24-17/h2-5,8-10H,1,6-7,11-12H2. The molecule has 27 heavy (non-hydrogen) atoms. The summed E-state index contributed by atoms with van der Waals surface area (Å²) < 4.78 is 21.5. The molecule has 0 bridgehead atoms. The number of nitrogens with zero attached hydrogens (tertiary/aromatic N) is 1. The van der Waals surface area contributed by atoms with E-state index in [9.17, 15) is 4.79 Å². The molecule has 0 aromatic heterocycles. The summed E-state index contributed by atoms with van der Waals surface area (Å²) in [5.74, 6) is 2.75. The van der Waals surface area contributed by atoms with Gasteiger partial charge >= 0.3 is 0 Å². The van der Waals surface area contributed by atoms with E-state index in [0.29, 0.717) is 23.7 Å². The Bertz CT molecular complexity index is 994. The summed E-state index contributed by atoms with van der Waals surface area (Å²) in [5, 5.41) is 0. The molecule has 0 spiro atoms. The van der Waals surface area contributed by atoms with E-state index in [1.54, 1.807) is 17.1 Å². The van der Waals surface area contributed by atoms with Crippen LogP contribution in [0.15, 0.2) is 43.0 Å². The van der Waals surface area contributed by atoms with Crippen LogP contribution in [0.25, 0.3) is 11.8 Å². The quantitative estimate of drug-likeness (QED) is 0.767. The SMILES string of the molecule is C=C1c2cc3c(cc2CCN1C(=O)C=Cc1ccc2c(c1)OCO2)OCO3. The Hall–Kier alpha value is -3.41. The van der Waals surface area contributed by atoms with Crippen LogP contribution < -0.4 is 18.9 Å². The van der Waals surface area contributed by atoms with Crippen LogP contribution in [-0.4, -0.2) is 30.9 Å². The van der Waals surface area contributed by atoms with Crippen molar-refractivity contribution in [3.05, 3.63) is 59.7 Å². The third kappa shape index (κ3) is 2.70. The van der Waals surface area contributed by atoms with E-state index in [2.05, 4.69) is 6.58 Å². The molecule has 3 aliphatic heterocycles. The molecule has 2 aromatic rings. The summed E-state index contributed by atoms with van der Waals surface area (Å²) in [6.07, 6.45) is 4.07. The number of fused-ring (bicyclic) bond motifs is 3. The lowest BCUT2D eigenvalue weighted by Crippen LogP contribution is -2.33. The molecule has 6 heteroatoms. The van der Waals surface area contributed by atoms with E-state index in [1.165, 1.54) is 0 Å². The van der Waals surface area contributed by atoms with Crippen molar-refractivity contribution in [3.8, 4) is 23.0 Å². The van der Waals surface area contributed by atoms with Gasteiger partial charge in [0.25, 0.3) is 5.91 Å². The monoisotopic (exact) mass is 363 g/mol. The zero-order valence-electron chi connectivity index (χ0n) is 14.6. The molecule has 0 saturated carbocycles. The smallest absolute Gasteiger partial charge is 0.250 e. The Labute approximate surface area is 156 Å². The van der Waals surface area contributed by atoms with E-state index < -0.39 is 0 Å². The lowest BCUT2D eigenvalue weighted by Gasteiger charge is -2.30. The van der Waals surface area contributed by atoms with Gasteiger partial charge in [0.2, 0.25) is 13.6 Å². The zero-order valence-corrected chi connectivity index (χ0v) is 14.6. The third-order valence-electron chi connectivity index (χ3n) is 4.92. The predicted octanol–water partition coefficient (Wildman–Crippen LogP) is 3.21. The van der Waals surface area contributed by atoms with Crippen LogP contribution in [0.5, 0.6) is 23.0 Å². The lowest BCUT2D eigenvalue weighted by molar-refractivity contribution is -0.123. The van der Waals surface area contributed by atoms with Crippen molar-refractivity contribution in [1.29, 1.82) is 0 Å². The number of amides is 1. The second kappa shape index (κ2) is 6.09. The van der Waals surface area contributed by atoms with E-state index in [-0.39, 0.29) is 19.5 Å². The topological polar surface area (TPSA) is 57.2 Å². The fourth-order valence-corrected chi connectivity index (χ4v) is 3.49. The van der Waals surface area contributed by atoms with Gasteiger partial charge in [-0.2, -0.15) is 0 Å². The Morgan fingerprint density at radius 2 is 1.67 bits per heavy atom. The maximum absolute atomic E-state index is 12.7. The fourth-order valence-electron chi connectivity index (χ4n) is 3.49. The van der Waals surface area contributed by atoms with Crippen LogP contribution in [0.3, 0.4) is 0 Å². The largest absolute Gasteiger partial charge is 0.454 e. The minimum Gasteiger partial charge on any atom is -0.454 e. The molecule has 0 N–H and O–H groups in total. The Balaban J connectivity index is 1.36. The van der Waals surface area contributed by atoms with E-state index in [1.807, 2.05) is 30.3 Å². The summed E-state index contributed by atoms with van der Waals surface area (Å²) in [4.78, 5) is 14.4. The number of ether oxygens (including phenoxy) is 4. The van der Waals surface area contributed by atoms with Crippen LogP contribution in [0.2, 0.25) is 0 Å². The number of hydrogen-bond acceptors (Lipinski definition) is 5. The van der Waals surface area contributed by atoms with Gasteiger partial charge in [0.1, 0.15) is 0 Å². The molecule has 136 valence electrons. The molecule has 0 atom stereocenters. The molecule has 0 saturated heterocycles. The maximum Gasteiger partial charge on any atom is 0.250 e. The van der Waals surface area contributed by atoms with Gasteiger partial charge in [-0.3, -0.25) is 4.79 Å². The van der Waals surface area contributed by atoms with Crippen LogP contribution in [0.4, 0.5) is 0 Å². The summed E-state index contributed by atoms with van der Waals surface area (Å²) in [5.41, 5.74) is 3.59. The van der Waals surface area contributed by atoms with E-state index >= 15 is 0 Å². The number of hydrogen-bond donors (Lipinski definition) is 0. The molecule has 6 nitrogen and oxygen atoms in total. The second-order valence-electron chi connectivity index (χ2n) is 6.50. The van der Waals surface area contributed by atoms with Gasteiger partial charge < -0.3 is 23.8 Å². The van der Waals surface area contributed by atoms with Crippen molar-refractivity contribution in [1.82, 2.24) is 4.90 Å². The van der Waals surface area contributed by atoms with Gasteiger partial charge in [-0.1, -0.05) is 12.6 Å². The summed E-state index contributed by atoms with van der Waals surface area (Å²) >= 11 is 0. The Morgan fingerprint density at radius 1 is 0.963 bits per heavy atom. The van der Waals surface area contributed by atoms with Crippen LogP contribution in [0, 0.1) is 0 Å². The minimum absolute atomic E-state index is 0.110. The zero-order chi connectivity index (χ0) is 18.4. The van der Waals surface area contributed by atoms with Gasteiger partial charge in [0, 0.05) is 23.9 Å². The van der Waals surface area contributed by atoms with Crippen LogP contribution >= 0.6 is 0 Å². The molecule has 0 fully saturated rings. The average Bonchev–Trinajstić information content (AvgIpc) is 3.33. The first kappa shape index (κ1) is 15.8. The first-order valence-electron chi connectivity index (χ1n) is 8.70.